The molecule has 27 heavy (non-hydrogen) atoms. The van der Waals surface area contributed by atoms with Gasteiger partial charge < -0.3 is 9.64 Å². The summed E-state index contributed by atoms with van der Waals surface area (Å²) in [6.07, 6.45) is 3.12. The molecular formula is C20H21FN2O3S. The number of hydrogen-bond donors (Lipinski definition) is 0. The van der Waals surface area contributed by atoms with Crippen molar-refractivity contribution in [3.05, 3.63) is 35.0 Å². The maximum Gasteiger partial charge on any atom is 0.349 e. The third kappa shape index (κ3) is 3.81. The van der Waals surface area contributed by atoms with Crippen LogP contribution in [-0.2, 0) is 9.53 Å². The number of nitriles is 1. The summed E-state index contributed by atoms with van der Waals surface area (Å²) in [5.74, 6) is -1.39. The van der Waals surface area contributed by atoms with Crippen LogP contribution >= 0.6 is 11.3 Å². The van der Waals surface area contributed by atoms with Crippen molar-refractivity contribution in [1.29, 1.82) is 5.26 Å². The molecule has 1 atom stereocenters. The van der Waals surface area contributed by atoms with E-state index < -0.39 is 17.6 Å². The van der Waals surface area contributed by atoms with Gasteiger partial charge in [-0.05, 0) is 49.4 Å². The Bertz CT molecular complexity index is 912. The molecular weight excluding hydrogens is 367 g/mol. The molecule has 0 unspecified atom stereocenters. The third-order valence-corrected chi connectivity index (χ3v) is 6.27. The first-order valence-electron chi connectivity index (χ1n) is 8.95. The summed E-state index contributed by atoms with van der Waals surface area (Å²) in [5.41, 5.74) is -0.828. The van der Waals surface area contributed by atoms with Gasteiger partial charge in [0.1, 0.15) is 16.2 Å². The second-order valence-electron chi connectivity index (χ2n) is 6.94. The zero-order valence-electron chi connectivity index (χ0n) is 15.3. The average Bonchev–Trinajstić information content (AvgIpc) is 3.10. The summed E-state index contributed by atoms with van der Waals surface area (Å²) in [6, 6.07) is 8.14. The molecule has 1 amide bonds. The smallest absolute Gasteiger partial charge is 0.349 e. The van der Waals surface area contributed by atoms with Crippen LogP contribution in [0.3, 0.4) is 0 Å². The predicted octanol–water partition coefficient (Wildman–Crippen LogP) is 4.27. The zero-order chi connectivity index (χ0) is 19.6. The second-order valence-corrected chi connectivity index (χ2v) is 8.03. The zero-order valence-corrected chi connectivity index (χ0v) is 16.1. The fourth-order valence-electron chi connectivity index (χ4n) is 3.53. The van der Waals surface area contributed by atoms with Gasteiger partial charge in [0.25, 0.3) is 5.91 Å². The van der Waals surface area contributed by atoms with Crippen LogP contribution in [0.4, 0.5) is 4.39 Å². The highest BCUT2D eigenvalue weighted by Crippen LogP contribution is 2.33. The van der Waals surface area contributed by atoms with Gasteiger partial charge >= 0.3 is 5.97 Å². The highest BCUT2D eigenvalue weighted by molar-refractivity contribution is 7.20. The SMILES string of the molecule is C[C@H](OC(=O)c1cc2cc(F)ccc2s1)C(=O)N(C)C1(C#N)CCCCC1. The van der Waals surface area contributed by atoms with Gasteiger partial charge in [0.15, 0.2) is 6.10 Å². The minimum Gasteiger partial charge on any atom is -0.448 e. The van der Waals surface area contributed by atoms with E-state index in [9.17, 15) is 19.2 Å². The van der Waals surface area contributed by atoms with E-state index in [1.807, 2.05) is 0 Å². The maximum absolute atomic E-state index is 13.3. The minimum absolute atomic E-state index is 0.311. The monoisotopic (exact) mass is 388 g/mol. The fourth-order valence-corrected chi connectivity index (χ4v) is 4.45. The van der Waals surface area contributed by atoms with E-state index in [0.29, 0.717) is 23.1 Å². The first-order valence-corrected chi connectivity index (χ1v) is 9.77. The number of hydrogen-bond acceptors (Lipinski definition) is 5. The van der Waals surface area contributed by atoms with Crippen LogP contribution in [0.1, 0.15) is 48.7 Å². The van der Waals surface area contributed by atoms with Crippen LogP contribution in [0.25, 0.3) is 10.1 Å². The number of halogens is 1. The van der Waals surface area contributed by atoms with Crippen LogP contribution in [0.15, 0.2) is 24.3 Å². The van der Waals surface area contributed by atoms with Crippen molar-refractivity contribution in [2.24, 2.45) is 0 Å². The molecule has 1 aliphatic rings. The molecule has 0 N–H and O–H groups in total. The number of benzene rings is 1. The van der Waals surface area contributed by atoms with Gasteiger partial charge in [-0.15, -0.1) is 11.3 Å². The number of amides is 1. The molecule has 1 saturated carbocycles. The molecule has 1 heterocycles. The summed E-state index contributed by atoms with van der Waals surface area (Å²) in [6.45, 7) is 1.51. The van der Waals surface area contributed by atoms with Crippen LogP contribution in [0.2, 0.25) is 0 Å². The molecule has 5 nitrogen and oxygen atoms in total. The summed E-state index contributed by atoms with van der Waals surface area (Å²) < 4.78 is 19.4. The topological polar surface area (TPSA) is 70.4 Å². The number of esters is 1. The Labute approximate surface area is 161 Å². The predicted molar refractivity (Wildman–Crippen MR) is 101 cm³/mol. The molecule has 0 aliphatic heterocycles. The number of carbonyl (C=O) groups excluding carboxylic acids is 2. The summed E-state index contributed by atoms with van der Waals surface area (Å²) in [7, 11) is 1.60. The van der Waals surface area contributed by atoms with Gasteiger partial charge in [-0.2, -0.15) is 5.26 Å². The molecule has 0 saturated heterocycles. The van der Waals surface area contributed by atoms with Crippen LogP contribution in [0, 0.1) is 17.1 Å². The number of thiophene rings is 1. The lowest BCUT2D eigenvalue weighted by molar-refractivity contribution is -0.143. The van der Waals surface area contributed by atoms with Crippen molar-refractivity contribution < 1.29 is 18.7 Å². The van der Waals surface area contributed by atoms with E-state index in [2.05, 4.69) is 6.07 Å². The van der Waals surface area contributed by atoms with Crippen molar-refractivity contribution in [1.82, 2.24) is 4.90 Å². The lowest BCUT2D eigenvalue weighted by atomic mass is 9.81. The normalized spacial score (nSPS) is 17.1. The molecule has 1 fully saturated rings. The Kier molecular flexibility index (Phi) is 5.47. The lowest BCUT2D eigenvalue weighted by Crippen LogP contribution is -2.53. The Morgan fingerprint density at radius 2 is 2.00 bits per heavy atom. The molecule has 1 aromatic carbocycles. The quantitative estimate of drug-likeness (QED) is 0.734. The van der Waals surface area contributed by atoms with E-state index in [4.69, 9.17) is 4.74 Å². The standard InChI is InChI=1S/C20H21FN2O3S/c1-13(18(24)23(2)20(12-22)8-4-3-5-9-20)26-19(25)17-11-14-10-15(21)6-7-16(14)27-17/h6-7,10-11,13H,3-5,8-9H2,1-2H3/t13-/m0/s1. The van der Waals surface area contributed by atoms with Gasteiger partial charge in [0, 0.05) is 11.7 Å². The Morgan fingerprint density at radius 1 is 1.30 bits per heavy atom. The summed E-state index contributed by atoms with van der Waals surface area (Å²) >= 11 is 1.19. The molecule has 1 aliphatic carbocycles. The molecule has 0 radical (unpaired) electrons. The fraction of sp³-hybridized carbons (Fsp3) is 0.450. The number of likely N-dealkylation sites (N-methyl/N-ethyl adjacent to an activating group) is 1. The largest absolute Gasteiger partial charge is 0.448 e. The van der Waals surface area contributed by atoms with E-state index in [-0.39, 0.29) is 11.7 Å². The number of fused-ring (bicyclic) bond motifs is 1. The third-order valence-electron chi connectivity index (χ3n) is 5.17. The summed E-state index contributed by atoms with van der Waals surface area (Å²) in [4.78, 5) is 26.9. The molecule has 2 aromatic rings. The maximum atomic E-state index is 13.3. The highest BCUT2D eigenvalue weighted by atomic mass is 32.1. The van der Waals surface area contributed by atoms with Gasteiger partial charge in [0.05, 0.1) is 6.07 Å². The van der Waals surface area contributed by atoms with Crippen molar-refractivity contribution in [2.75, 3.05) is 7.05 Å². The molecule has 3 rings (SSSR count). The minimum atomic E-state index is -1.00. The molecule has 7 heteroatoms. The van der Waals surface area contributed by atoms with Crippen LogP contribution in [-0.4, -0.2) is 35.5 Å². The lowest BCUT2D eigenvalue weighted by Gasteiger charge is -2.39. The van der Waals surface area contributed by atoms with Gasteiger partial charge in [0.2, 0.25) is 0 Å². The van der Waals surface area contributed by atoms with Gasteiger partial charge in [-0.25, -0.2) is 9.18 Å². The summed E-state index contributed by atoms with van der Waals surface area (Å²) in [5, 5.41) is 10.2. The van der Waals surface area contributed by atoms with Crippen LogP contribution in [0.5, 0.6) is 0 Å². The Morgan fingerprint density at radius 3 is 2.67 bits per heavy atom. The van der Waals surface area contributed by atoms with E-state index in [1.54, 1.807) is 19.2 Å². The number of nitrogens with zero attached hydrogens (tertiary/aromatic N) is 2. The molecule has 142 valence electrons. The van der Waals surface area contributed by atoms with Crippen molar-refractivity contribution >= 4 is 33.3 Å². The van der Waals surface area contributed by atoms with Crippen molar-refractivity contribution in [2.45, 2.75) is 50.7 Å². The van der Waals surface area contributed by atoms with Crippen LogP contribution < -0.4 is 0 Å². The first kappa shape index (κ1) is 19.3. The molecule has 0 spiro atoms. The number of carbonyl (C=O) groups is 2. The molecule has 0 bridgehead atoms. The molecule has 1 aromatic heterocycles. The Balaban J connectivity index is 1.71. The Hall–Kier alpha value is -2.46. The van der Waals surface area contributed by atoms with Crippen molar-refractivity contribution in [3.8, 4) is 6.07 Å². The highest BCUT2D eigenvalue weighted by Gasteiger charge is 2.40. The second kappa shape index (κ2) is 7.65. The van der Waals surface area contributed by atoms with E-state index in [0.717, 1.165) is 24.0 Å². The van der Waals surface area contributed by atoms with E-state index in [1.165, 1.54) is 35.3 Å². The average molecular weight is 388 g/mol. The first-order chi connectivity index (χ1) is 12.9. The van der Waals surface area contributed by atoms with E-state index >= 15 is 0 Å². The number of ether oxygens (including phenoxy) is 1. The van der Waals surface area contributed by atoms with Crippen molar-refractivity contribution in [3.63, 3.8) is 0 Å². The number of rotatable bonds is 4. The van der Waals surface area contributed by atoms with Gasteiger partial charge in [-0.3, -0.25) is 4.79 Å². The van der Waals surface area contributed by atoms with Gasteiger partial charge in [-0.1, -0.05) is 19.3 Å².